The number of hydrogen-bond acceptors (Lipinski definition) is 6. The van der Waals surface area contributed by atoms with Crippen LogP contribution < -0.4 is 5.32 Å². The Balaban J connectivity index is 1.35. The molecule has 2 bridgehead atoms. The first kappa shape index (κ1) is 12.5. The summed E-state index contributed by atoms with van der Waals surface area (Å²) >= 11 is 0. The number of amidine groups is 1. The minimum atomic E-state index is -0.122. The molecule has 6 heteroatoms. The maximum atomic E-state index is 6.16. The number of aryl methyl sites for hydroxylation is 1. The van der Waals surface area contributed by atoms with Crippen LogP contribution in [0.5, 0.6) is 0 Å². The molecule has 5 rings (SSSR count). The minimum absolute atomic E-state index is 0.122. The van der Waals surface area contributed by atoms with Gasteiger partial charge in [-0.1, -0.05) is 6.07 Å². The molecule has 0 unspecified atom stereocenters. The average molecular weight is 298 g/mol. The predicted molar refractivity (Wildman–Crippen MR) is 83.0 cm³/mol. The third kappa shape index (κ3) is 1.76. The zero-order chi connectivity index (χ0) is 14.7. The van der Waals surface area contributed by atoms with Crippen LogP contribution in [0.4, 0.5) is 6.01 Å². The molecule has 1 spiro atoms. The Kier molecular flexibility index (Phi) is 2.39. The largest absolute Gasteiger partial charge is 0.455 e. The van der Waals surface area contributed by atoms with Gasteiger partial charge in [-0.3, -0.25) is 10.2 Å². The molecule has 0 radical (unpaired) electrons. The van der Waals surface area contributed by atoms with Crippen molar-refractivity contribution >= 4 is 23.1 Å². The fourth-order valence-corrected chi connectivity index (χ4v) is 3.91. The maximum absolute atomic E-state index is 6.16. The van der Waals surface area contributed by atoms with Crippen LogP contribution >= 0.6 is 0 Å². The molecule has 2 aromatic rings. The van der Waals surface area contributed by atoms with E-state index >= 15 is 0 Å². The molecule has 1 aromatic carbocycles. The number of rotatable bonds is 1. The summed E-state index contributed by atoms with van der Waals surface area (Å²) in [4.78, 5) is 11.4. The van der Waals surface area contributed by atoms with Crippen molar-refractivity contribution in [3.63, 3.8) is 0 Å². The molecule has 114 valence electrons. The fraction of sp³-hybridized carbons (Fsp3) is 0.500. The summed E-state index contributed by atoms with van der Waals surface area (Å²) in [6.45, 7) is 6.09. The zero-order valence-electron chi connectivity index (χ0n) is 12.5. The number of oxazole rings is 1. The molecular weight excluding hydrogens is 280 g/mol. The second kappa shape index (κ2) is 4.23. The van der Waals surface area contributed by atoms with Crippen molar-refractivity contribution in [1.29, 1.82) is 0 Å². The number of fused-ring (bicyclic) bond motifs is 4. The van der Waals surface area contributed by atoms with Crippen molar-refractivity contribution < 1.29 is 9.15 Å². The van der Waals surface area contributed by atoms with Gasteiger partial charge in [-0.25, -0.2) is 4.99 Å². The number of aromatic nitrogens is 1. The first-order valence-electron chi connectivity index (χ1n) is 7.80. The van der Waals surface area contributed by atoms with Crippen molar-refractivity contribution in [2.24, 2.45) is 10.9 Å². The molecule has 1 N–H and O–H groups in total. The summed E-state index contributed by atoms with van der Waals surface area (Å²) in [5, 5.41) is 3.09. The Morgan fingerprint density at radius 1 is 1.41 bits per heavy atom. The number of benzene rings is 1. The summed E-state index contributed by atoms with van der Waals surface area (Å²) in [5.74, 6) is 0.599. The molecule has 0 amide bonds. The van der Waals surface area contributed by atoms with Gasteiger partial charge in [-0.15, -0.1) is 0 Å². The predicted octanol–water partition coefficient (Wildman–Crippen LogP) is 2.01. The number of nitrogens with one attached hydrogen (secondary N) is 1. The van der Waals surface area contributed by atoms with Crippen molar-refractivity contribution in [3.8, 4) is 0 Å². The van der Waals surface area contributed by atoms with Gasteiger partial charge in [0.05, 0.1) is 6.54 Å². The second-order valence-electron chi connectivity index (χ2n) is 6.62. The Morgan fingerprint density at radius 3 is 3.18 bits per heavy atom. The second-order valence-corrected chi connectivity index (χ2v) is 6.62. The number of anilines is 1. The Hall–Kier alpha value is -2.08. The Bertz CT molecular complexity index is 784. The van der Waals surface area contributed by atoms with Crippen molar-refractivity contribution in [2.45, 2.75) is 18.9 Å². The van der Waals surface area contributed by atoms with Crippen LogP contribution in [0.25, 0.3) is 11.1 Å². The van der Waals surface area contributed by atoms with Crippen molar-refractivity contribution in [3.05, 3.63) is 23.8 Å². The number of piperidine rings is 1. The van der Waals surface area contributed by atoms with E-state index in [9.17, 15) is 0 Å². The quantitative estimate of drug-likeness (QED) is 0.872. The van der Waals surface area contributed by atoms with Gasteiger partial charge in [0.25, 0.3) is 6.02 Å². The van der Waals surface area contributed by atoms with E-state index in [4.69, 9.17) is 9.15 Å². The van der Waals surface area contributed by atoms with Crippen LogP contribution in [-0.2, 0) is 4.74 Å². The number of aliphatic imine (C=N–C) groups is 1. The molecule has 22 heavy (non-hydrogen) atoms. The first-order chi connectivity index (χ1) is 10.7. The van der Waals surface area contributed by atoms with Gasteiger partial charge in [-0.2, -0.15) is 4.98 Å². The number of ether oxygens (including phenoxy) is 1. The van der Waals surface area contributed by atoms with Gasteiger partial charge >= 0.3 is 6.01 Å². The number of hydrogen-bond donors (Lipinski definition) is 1. The van der Waals surface area contributed by atoms with Crippen LogP contribution in [-0.4, -0.2) is 47.7 Å². The van der Waals surface area contributed by atoms with Crippen molar-refractivity contribution in [2.75, 3.05) is 31.5 Å². The van der Waals surface area contributed by atoms with E-state index in [1.165, 1.54) is 13.0 Å². The normalized spacial score (nSPS) is 32.7. The minimum Gasteiger partial charge on any atom is -0.455 e. The van der Waals surface area contributed by atoms with E-state index in [1.807, 2.05) is 25.1 Å². The van der Waals surface area contributed by atoms with E-state index in [0.29, 0.717) is 18.0 Å². The van der Waals surface area contributed by atoms with Crippen molar-refractivity contribution in [1.82, 2.24) is 9.88 Å². The average Bonchev–Trinajstić information content (AvgIpc) is 3.23. The lowest BCUT2D eigenvalue weighted by Gasteiger charge is -2.31. The van der Waals surface area contributed by atoms with Gasteiger partial charge < -0.3 is 9.15 Å². The molecule has 3 aliphatic heterocycles. The van der Waals surface area contributed by atoms with E-state index in [-0.39, 0.29) is 5.60 Å². The molecule has 3 atom stereocenters. The first-order valence-corrected chi connectivity index (χ1v) is 7.80. The molecule has 2 fully saturated rings. The topological polar surface area (TPSA) is 62.9 Å². The van der Waals surface area contributed by atoms with E-state index in [0.717, 1.165) is 36.3 Å². The summed E-state index contributed by atoms with van der Waals surface area (Å²) in [6, 6.07) is 6.95. The van der Waals surface area contributed by atoms with Crippen LogP contribution in [0.2, 0.25) is 0 Å². The maximum Gasteiger partial charge on any atom is 0.303 e. The van der Waals surface area contributed by atoms with Crippen LogP contribution in [0, 0.1) is 12.8 Å². The molecule has 3 aliphatic rings. The van der Waals surface area contributed by atoms with Gasteiger partial charge in [0.15, 0.2) is 5.58 Å². The molecule has 0 saturated carbocycles. The lowest BCUT2D eigenvalue weighted by molar-refractivity contribution is 0.0363. The highest BCUT2D eigenvalue weighted by atomic mass is 16.5. The molecule has 0 aliphatic carbocycles. The SMILES string of the molecule is Cc1ccc2nc(NC3=NC[C@@]4(C[N@@]5CC[C@@H]4C5)O3)oc2c1. The lowest BCUT2D eigenvalue weighted by atomic mass is 9.88. The molecule has 4 heterocycles. The lowest BCUT2D eigenvalue weighted by Crippen LogP contribution is -2.46. The van der Waals surface area contributed by atoms with E-state index < -0.39 is 0 Å². The summed E-state index contributed by atoms with van der Waals surface area (Å²) < 4.78 is 11.9. The smallest absolute Gasteiger partial charge is 0.303 e. The summed E-state index contributed by atoms with van der Waals surface area (Å²) in [7, 11) is 0. The highest BCUT2D eigenvalue weighted by molar-refractivity contribution is 5.90. The van der Waals surface area contributed by atoms with Gasteiger partial charge in [0.1, 0.15) is 11.1 Å². The highest BCUT2D eigenvalue weighted by Gasteiger charge is 2.54. The number of nitrogens with zero attached hydrogens (tertiary/aromatic N) is 3. The van der Waals surface area contributed by atoms with Crippen LogP contribution in [0.3, 0.4) is 0 Å². The third-order valence-electron chi connectivity index (χ3n) is 5.06. The summed E-state index contributed by atoms with van der Waals surface area (Å²) in [5.41, 5.74) is 2.65. The summed E-state index contributed by atoms with van der Waals surface area (Å²) in [6.07, 6.45) is 1.21. The fourth-order valence-electron chi connectivity index (χ4n) is 3.91. The third-order valence-corrected chi connectivity index (χ3v) is 5.06. The standard InChI is InChI=1S/C16H18N4O2/c1-10-2-3-12-13(6-10)21-15(18-12)19-14-17-8-16(22-14)9-20-5-4-11(16)7-20/h2-3,6,11H,4-5,7-9H2,1H3,(H,17,18,19)/t11-,16+/m1/s1. The van der Waals surface area contributed by atoms with Crippen LogP contribution in [0.15, 0.2) is 27.6 Å². The molecule has 6 nitrogen and oxygen atoms in total. The molecule has 1 aromatic heterocycles. The van der Waals surface area contributed by atoms with Gasteiger partial charge in [0.2, 0.25) is 0 Å². The Morgan fingerprint density at radius 2 is 2.36 bits per heavy atom. The van der Waals surface area contributed by atoms with Crippen LogP contribution in [0.1, 0.15) is 12.0 Å². The zero-order valence-corrected chi connectivity index (χ0v) is 12.5. The highest BCUT2D eigenvalue weighted by Crippen LogP contribution is 2.41. The molecule has 2 saturated heterocycles. The van der Waals surface area contributed by atoms with Gasteiger partial charge in [-0.05, 0) is 37.6 Å². The Labute approximate surface area is 128 Å². The van der Waals surface area contributed by atoms with Gasteiger partial charge in [0, 0.05) is 19.0 Å². The van der Waals surface area contributed by atoms with E-state index in [1.54, 1.807) is 0 Å². The monoisotopic (exact) mass is 298 g/mol. The van der Waals surface area contributed by atoms with E-state index in [2.05, 4.69) is 20.2 Å². The molecular formula is C16H18N4O2.